The van der Waals surface area contributed by atoms with E-state index in [-0.39, 0.29) is 47.7 Å². The third kappa shape index (κ3) is 3.36. The van der Waals surface area contributed by atoms with E-state index in [0.717, 1.165) is 31.3 Å². The van der Waals surface area contributed by atoms with Gasteiger partial charge in [0, 0.05) is 24.9 Å². The molecule has 0 amide bonds. The third-order valence-electron chi connectivity index (χ3n) is 5.78. The first-order valence-corrected chi connectivity index (χ1v) is 8.73. The van der Waals surface area contributed by atoms with Crippen molar-refractivity contribution in [3.63, 3.8) is 0 Å². The van der Waals surface area contributed by atoms with Crippen LogP contribution in [0.3, 0.4) is 0 Å². The second kappa shape index (κ2) is 6.90. The van der Waals surface area contributed by atoms with Gasteiger partial charge in [-0.1, -0.05) is 6.08 Å². The molecule has 4 rings (SSSR count). The van der Waals surface area contributed by atoms with Crippen molar-refractivity contribution in [1.82, 2.24) is 9.55 Å². The highest BCUT2D eigenvalue weighted by Gasteiger charge is 2.62. The predicted octanol–water partition coefficient (Wildman–Crippen LogP) is 0.866. The zero-order chi connectivity index (χ0) is 16.7. The van der Waals surface area contributed by atoms with E-state index in [4.69, 9.17) is 9.47 Å². The lowest BCUT2D eigenvalue weighted by molar-refractivity contribution is -0.145. The molecule has 3 aliphatic rings. The molecule has 2 saturated heterocycles. The Balaban J connectivity index is 0.00000182. The quantitative estimate of drug-likeness (QED) is 0.494. The predicted molar refractivity (Wildman–Crippen MR) is 89.6 cm³/mol. The number of aromatic nitrogens is 2. The van der Waals surface area contributed by atoms with Crippen molar-refractivity contribution in [3.8, 4) is 0 Å². The fourth-order valence-electron chi connectivity index (χ4n) is 4.23. The number of esters is 1. The Labute approximate surface area is 147 Å². The molecule has 0 aromatic carbocycles. The molecular weight excluding hydrogens is 324 g/mol. The van der Waals surface area contributed by atoms with Gasteiger partial charge in [0.15, 0.2) is 0 Å². The number of fused-ring (bicyclic) bond motifs is 3. The molecule has 2 aliphatic heterocycles. The summed E-state index contributed by atoms with van der Waals surface area (Å²) >= 11 is 0. The first kappa shape index (κ1) is 18.1. The summed E-state index contributed by atoms with van der Waals surface area (Å²) in [6.45, 7) is 2.76. The Morgan fingerprint density at radius 3 is 3.04 bits per heavy atom. The summed E-state index contributed by atoms with van der Waals surface area (Å²) in [5.41, 5.74) is 0.846. The number of carbonyl (C=O) groups excluding carboxylic acids is 1. The number of allylic oxidation sites excluding steroid dienone is 1. The van der Waals surface area contributed by atoms with Crippen molar-refractivity contribution < 1.29 is 24.9 Å². The van der Waals surface area contributed by atoms with Crippen LogP contribution in [-0.4, -0.2) is 50.5 Å². The van der Waals surface area contributed by atoms with Gasteiger partial charge in [0.25, 0.3) is 0 Å². The van der Waals surface area contributed by atoms with Gasteiger partial charge in [-0.15, -0.1) is 0 Å². The minimum absolute atomic E-state index is 0. The molecule has 7 nitrogen and oxygen atoms in total. The van der Waals surface area contributed by atoms with Crippen LogP contribution in [0.15, 0.2) is 30.4 Å². The van der Waals surface area contributed by atoms with Crippen LogP contribution in [0.5, 0.6) is 0 Å². The van der Waals surface area contributed by atoms with Crippen LogP contribution in [-0.2, 0) is 20.8 Å². The number of epoxide rings is 1. The molecule has 25 heavy (non-hydrogen) atoms. The summed E-state index contributed by atoms with van der Waals surface area (Å²) in [5.74, 6) is -0.206. The van der Waals surface area contributed by atoms with Crippen LogP contribution in [0.1, 0.15) is 32.6 Å². The Kier molecular flexibility index (Phi) is 4.99. The van der Waals surface area contributed by atoms with Crippen molar-refractivity contribution >= 4 is 5.97 Å². The fourth-order valence-corrected chi connectivity index (χ4v) is 4.23. The number of imidazole rings is 1. The first-order chi connectivity index (χ1) is 11.6. The van der Waals surface area contributed by atoms with Crippen molar-refractivity contribution in [1.29, 1.82) is 0 Å². The molecular formula is C18H26N2O5. The summed E-state index contributed by atoms with van der Waals surface area (Å²) in [5, 5.41) is 9.57. The summed E-state index contributed by atoms with van der Waals surface area (Å²) in [4.78, 5) is 16.6. The molecule has 0 spiro atoms. The lowest BCUT2D eigenvalue weighted by Gasteiger charge is -2.22. The van der Waals surface area contributed by atoms with Gasteiger partial charge in [-0.25, -0.2) is 4.98 Å². The standard InChI is InChI=1S/C18H24N2O4.H2O/c1-18-6-2-3-12(10-21)4-5-13-14(9-20-8-7-19-11-20)17(22)23-15(13)16(18)24-18;/h3,7-8,11,13-16,21H,2,4-6,9-10H2,1H3;1H2/b12-3+;/t13-,14-,15-,16+,18+;/m0./s1. The molecule has 1 aromatic heterocycles. The normalized spacial score (nSPS) is 39.3. The number of aliphatic hydroxyl groups is 1. The molecule has 7 heteroatoms. The second-order valence-electron chi connectivity index (χ2n) is 7.38. The fraction of sp³-hybridized carbons (Fsp3) is 0.667. The van der Waals surface area contributed by atoms with Gasteiger partial charge >= 0.3 is 5.97 Å². The van der Waals surface area contributed by atoms with E-state index in [1.165, 1.54) is 0 Å². The number of nitrogens with zero attached hydrogens (tertiary/aromatic N) is 2. The largest absolute Gasteiger partial charge is 0.459 e. The highest BCUT2D eigenvalue weighted by Crippen LogP contribution is 2.50. The summed E-state index contributed by atoms with van der Waals surface area (Å²) in [7, 11) is 0. The van der Waals surface area contributed by atoms with Gasteiger partial charge < -0.3 is 24.6 Å². The Bertz CT molecular complexity index is 644. The highest BCUT2D eigenvalue weighted by atomic mass is 16.6. The molecule has 5 atom stereocenters. The Morgan fingerprint density at radius 1 is 1.48 bits per heavy atom. The molecule has 2 fully saturated rings. The molecule has 0 unspecified atom stereocenters. The van der Waals surface area contributed by atoms with Crippen molar-refractivity contribution in [3.05, 3.63) is 30.4 Å². The van der Waals surface area contributed by atoms with Crippen molar-refractivity contribution in [2.24, 2.45) is 11.8 Å². The molecule has 3 heterocycles. The zero-order valence-electron chi connectivity index (χ0n) is 14.4. The maximum absolute atomic E-state index is 12.5. The van der Waals surface area contributed by atoms with E-state index in [2.05, 4.69) is 18.0 Å². The topological polar surface area (TPSA) is 108 Å². The zero-order valence-corrected chi connectivity index (χ0v) is 14.4. The Hall–Kier alpha value is -1.70. The van der Waals surface area contributed by atoms with E-state index < -0.39 is 0 Å². The van der Waals surface area contributed by atoms with Crippen molar-refractivity contribution in [2.45, 2.75) is 57.0 Å². The van der Waals surface area contributed by atoms with Gasteiger partial charge in [0.05, 0.1) is 24.5 Å². The average molecular weight is 350 g/mol. The smallest absolute Gasteiger partial charge is 0.311 e. The SMILES string of the molecule is C[C@@]12CC/C=C(/CO)CC[C@@H]3[C@H](OC(=O)[C@H]3Cn3ccnc3)[C@H]1O2.O. The number of hydrogen-bond donors (Lipinski definition) is 1. The number of aliphatic hydroxyl groups excluding tert-OH is 1. The molecule has 1 aromatic rings. The summed E-state index contributed by atoms with van der Waals surface area (Å²) < 4.78 is 13.7. The lowest BCUT2D eigenvalue weighted by Crippen LogP contribution is -2.31. The van der Waals surface area contributed by atoms with E-state index in [1.54, 1.807) is 12.5 Å². The van der Waals surface area contributed by atoms with Crippen molar-refractivity contribution in [2.75, 3.05) is 6.61 Å². The molecule has 0 saturated carbocycles. The minimum atomic E-state index is -0.207. The lowest BCUT2D eigenvalue weighted by atomic mass is 9.80. The van der Waals surface area contributed by atoms with Crippen LogP contribution in [0, 0.1) is 11.8 Å². The number of carbonyl (C=O) groups is 1. The first-order valence-electron chi connectivity index (χ1n) is 8.73. The number of ether oxygens (including phenoxy) is 2. The maximum atomic E-state index is 12.5. The second-order valence-corrected chi connectivity index (χ2v) is 7.38. The minimum Gasteiger partial charge on any atom is -0.459 e. The third-order valence-corrected chi connectivity index (χ3v) is 5.78. The molecule has 138 valence electrons. The van der Waals surface area contributed by atoms with Crippen LogP contribution < -0.4 is 0 Å². The van der Waals surface area contributed by atoms with E-state index in [1.807, 2.05) is 10.8 Å². The summed E-state index contributed by atoms with van der Waals surface area (Å²) in [6, 6.07) is 0. The molecule has 0 radical (unpaired) electrons. The molecule has 0 bridgehead atoms. The number of hydrogen-bond acceptors (Lipinski definition) is 5. The van der Waals surface area contributed by atoms with Gasteiger partial charge in [0.1, 0.15) is 12.2 Å². The van der Waals surface area contributed by atoms with Gasteiger partial charge in [-0.2, -0.15) is 0 Å². The van der Waals surface area contributed by atoms with E-state index in [0.29, 0.717) is 6.54 Å². The highest BCUT2D eigenvalue weighted by molar-refractivity contribution is 5.75. The average Bonchev–Trinajstić information content (AvgIpc) is 2.89. The van der Waals surface area contributed by atoms with Crippen LogP contribution in [0.25, 0.3) is 0 Å². The maximum Gasteiger partial charge on any atom is 0.311 e. The number of rotatable bonds is 3. The molecule has 1 aliphatic carbocycles. The monoisotopic (exact) mass is 350 g/mol. The van der Waals surface area contributed by atoms with Crippen LogP contribution in [0.4, 0.5) is 0 Å². The summed E-state index contributed by atoms with van der Waals surface area (Å²) in [6.07, 6.45) is 10.7. The van der Waals surface area contributed by atoms with Crippen LogP contribution >= 0.6 is 0 Å². The van der Waals surface area contributed by atoms with Gasteiger partial charge in [0.2, 0.25) is 0 Å². The van der Waals surface area contributed by atoms with E-state index in [9.17, 15) is 9.90 Å². The molecule has 3 N–H and O–H groups in total. The van der Waals surface area contributed by atoms with Crippen LogP contribution in [0.2, 0.25) is 0 Å². The van der Waals surface area contributed by atoms with E-state index >= 15 is 0 Å². The van der Waals surface area contributed by atoms with Gasteiger partial charge in [-0.05, 0) is 38.2 Å². The van der Waals surface area contributed by atoms with Gasteiger partial charge in [-0.3, -0.25) is 4.79 Å². The Morgan fingerprint density at radius 2 is 2.32 bits per heavy atom.